The lowest BCUT2D eigenvalue weighted by Gasteiger charge is -2.13. The molecule has 21 heavy (non-hydrogen) atoms. The maximum absolute atomic E-state index is 11.7. The molecule has 0 unspecified atom stereocenters. The number of sulfonamides is 1. The first kappa shape index (κ1) is 15.9. The van der Waals surface area contributed by atoms with E-state index in [4.69, 9.17) is 16.7 Å². The van der Waals surface area contributed by atoms with Crippen LogP contribution in [0.5, 0.6) is 0 Å². The van der Waals surface area contributed by atoms with Gasteiger partial charge in [0.15, 0.2) is 5.82 Å². The summed E-state index contributed by atoms with van der Waals surface area (Å²) in [6, 6.07) is 5.36. The standard InChI is InChI=1S/C13H17ClN4O2S/c1-8(2)7-18-12(16-17-13(18)21(15,19)20)11-6-10(14)5-4-9(11)3/h4-6,8H,7H2,1-3H3,(H2,15,19,20). The van der Waals surface area contributed by atoms with Gasteiger partial charge < -0.3 is 0 Å². The fourth-order valence-electron chi connectivity index (χ4n) is 2.06. The van der Waals surface area contributed by atoms with Crippen LogP contribution in [-0.2, 0) is 16.6 Å². The van der Waals surface area contributed by atoms with E-state index in [1.807, 2.05) is 26.8 Å². The van der Waals surface area contributed by atoms with Crippen LogP contribution >= 0.6 is 11.6 Å². The van der Waals surface area contributed by atoms with E-state index in [0.717, 1.165) is 11.1 Å². The molecule has 0 aliphatic heterocycles. The molecule has 2 N–H and O–H groups in total. The molecule has 114 valence electrons. The molecule has 0 saturated heterocycles. The lowest BCUT2D eigenvalue weighted by Crippen LogP contribution is -2.20. The van der Waals surface area contributed by atoms with Gasteiger partial charge >= 0.3 is 0 Å². The molecule has 0 radical (unpaired) electrons. The highest BCUT2D eigenvalue weighted by atomic mass is 35.5. The Morgan fingerprint density at radius 2 is 2.00 bits per heavy atom. The van der Waals surface area contributed by atoms with Gasteiger partial charge in [-0.1, -0.05) is 31.5 Å². The van der Waals surface area contributed by atoms with Gasteiger partial charge in [0.2, 0.25) is 0 Å². The zero-order valence-corrected chi connectivity index (χ0v) is 13.6. The predicted molar refractivity (Wildman–Crippen MR) is 81.4 cm³/mol. The Hall–Kier alpha value is -1.44. The van der Waals surface area contributed by atoms with Crippen molar-refractivity contribution in [1.82, 2.24) is 14.8 Å². The summed E-state index contributed by atoms with van der Waals surface area (Å²) in [6.07, 6.45) is 0. The Morgan fingerprint density at radius 3 is 2.57 bits per heavy atom. The van der Waals surface area contributed by atoms with Gasteiger partial charge in [-0.3, -0.25) is 4.57 Å². The van der Waals surface area contributed by atoms with E-state index in [-0.39, 0.29) is 11.1 Å². The van der Waals surface area contributed by atoms with Crippen LogP contribution in [0.3, 0.4) is 0 Å². The van der Waals surface area contributed by atoms with E-state index in [9.17, 15) is 8.42 Å². The summed E-state index contributed by atoms with van der Waals surface area (Å²) in [5.74, 6) is 0.660. The topological polar surface area (TPSA) is 90.9 Å². The smallest absolute Gasteiger partial charge is 0.273 e. The first-order chi connectivity index (χ1) is 9.70. The van der Waals surface area contributed by atoms with Crippen LogP contribution in [0.2, 0.25) is 5.02 Å². The van der Waals surface area contributed by atoms with Gasteiger partial charge in [-0.15, -0.1) is 10.2 Å². The lowest BCUT2D eigenvalue weighted by atomic mass is 10.1. The fourth-order valence-corrected chi connectivity index (χ4v) is 2.86. The molecule has 0 saturated carbocycles. The van der Waals surface area contributed by atoms with Crippen LogP contribution in [-0.4, -0.2) is 23.2 Å². The number of nitrogens with zero attached hydrogens (tertiary/aromatic N) is 3. The summed E-state index contributed by atoms with van der Waals surface area (Å²) in [5.41, 5.74) is 1.67. The molecule has 0 atom stereocenters. The van der Waals surface area contributed by atoms with E-state index in [0.29, 0.717) is 17.4 Å². The van der Waals surface area contributed by atoms with Crippen LogP contribution in [0, 0.1) is 12.8 Å². The molecule has 1 heterocycles. The molecular weight excluding hydrogens is 312 g/mol. The summed E-state index contributed by atoms with van der Waals surface area (Å²) >= 11 is 6.02. The van der Waals surface area contributed by atoms with Crippen molar-refractivity contribution in [2.45, 2.75) is 32.5 Å². The summed E-state index contributed by atoms with van der Waals surface area (Å²) in [5, 5.41) is 13.3. The van der Waals surface area contributed by atoms with E-state index < -0.39 is 10.0 Å². The second kappa shape index (κ2) is 5.75. The number of benzene rings is 1. The number of hydrogen-bond donors (Lipinski definition) is 1. The van der Waals surface area contributed by atoms with E-state index in [1.54, 1.807) is 12.1 Å². The quantitative estimate of drug-likeness (QED) is 0.931. The zero-order valence-electron chi connectivity index (χ0n) is 12.0. The van der Waals surface area contributed by atoms with E-state index >= 15 is 0 Å². The molecule has 1 aromatic heterocycles. The average molecular weight is 329 g/mol. The number of aromatic nitrogens is 3. The van der Waals surface area contributed by atoms with Crippen molar-refractivity contribution in [1.29, 1.82) is 0 Å². The summed E-state index contributed by atoms with van der Waals surface area (Å²) in [4.78, 5) is 0. The molecule has 0 aliphatic rings. The first-order valence-electron chi connectivity index (χ1n) is 6.42. The molecule has 1 aromatic carbocycles. The van der Waals surface area contributed by atoms with Gasteiger partial charge in [0, 0.05) is 17.1 Å². The normalized spacial score (nSPS) is 12.1. The SMILES string of the molecule is Cc1ccc(Cl)cc1-c1nnc(S(N)(=O)=O)n1CC(C)C. The monoisotopic (exact) mass is 328 g/mol. The second-order valence-electron chi connectivity index (χ2n) is 5.31. The molecule has 6 nitrogen and oxygen atoms in total. The Bertz CT molecular complexity index is 768. The Balaban J connectivity index is 2.69. The van der Waals surface area contributed by atoms with Crippen LogP contribution in [0.4, 0.5) is 0 Å². The van der Waals surface area contributed by atoms with Crippen LogP contribution in [0.15, 0.2) is 23.4 Å². The number of halogens is 1. The van der Waals surface area contributed by atoms with Crippen molar-refractivity contribution < 1.29 is 8.42 Å². The largest absolute Gasteiger partial charge is 0.296 e. The van der Waals surface area contributed by atoms with Gasteiger partial charge in [-0.05, 0) is 30.5 Å². The molecule has 0 fully saturated rings. The van der Waals surface area contributed by atoms with Crippen molar-refractivity contribution >= 4 is 21.6 Å². The van der Waals surface area contributed by atoms with Crippen molar-refractivity contribution in [3.05, 3.63) is 28.8 Å². The highest BCUT2D eigenvalue weighted by Gasteiger charge is 2.23. The van der Waals surface area contributed by atoms with E-state index in [1.165, 1.54) is 4.57 Å². The van der Waals surface area contributed by atoms with Crippen molar-refractivity contribution in [2.75, 3.05) is 0 Å². The van der Waals surface area contributed by atoms with Gasteiger partial charge in [0.05, 0.1) is 0 Å². The number of rotatable bonds is 4. The summed E-state index contributed by atoms with van der Waals surface area (Å²) in [6.45, 7) is 6.29. The number of hydrogen-bond acceptors (Lipinski definition) is 4. The molecule has 0 amide bonds. The molecule has 0 bridgehead atoms. The van der Waals surface area contributed by atoms with Crippen molar-refractivity contribution in [3.8, 4) is 11.4 Å². The zero-order chi connectivity index (χ0) is 15.8. The Kier molecular flexibility index (Phi) is 4.36. The highest BCUT2D eigenvalue weighted by Crippen LogP contribution is 2.27. The minimum atomic E-state index is -3.93. The van der Waals surface area contributed by atoms with Crippen LogP contribution in [0.1, 0.15) is 19.4 Å². The highest BCUT2D eigenvalue weighted by molar-refractivity contribution is 7.89. The van der Waals surface area contributed by atoms with Gasteiger partial charge in [0.1, 0.15) is 0 Å². The summed E-state index contributed by atoms with van der Waals surface area (Å²) in [7, 11) is -3.93. The second-order valence-corrected chi connectivity index (χ2v) is 7.21. The third kappa shape index (κ3) is 3.42. The first-order valence-corrected chi connectivity index (χ1v) is 8.35. The van der Waals surface area contributed by atoms with Gasteiger partial charge in [0.25, 0.3) is 15.2 Å². The molecule has 8 heteroatoms. The van der Waals surface area contributed by atoms with Crippen molar-refractivity contribution in [3.63, 3.8) is 0 Å². The third-order valence-electron chi connectivity index (χ3n) is 2.96. The van der Waals surface area contributed by atoms with Crippen molar-refractivity contribution in [2.24, 2.45) is 11.1 Å². The third-order valence-corrected chi connectivity index (χ3v) is 4.01. The molecule has 0 spiro atoms. The molecule has 2 aromatic rings. The lowest BCUT2D eigenvalue weighted by molar-refractivity contribution is 0.486. The molecule has 0 aliphatic carbocycles. The van der Waals surface area contributed by atoms with Crippen LogP contribution in [0.25, 0.3) is 11.4 Å². The fraction of sp³-hybridized carbons (Fsp3) is 0.385. The molecular formula is C13H17ClN4O2S. The predicted octanol–water partition coefficient (Wildman–Crippen LogP) is 2.21. The van der Waals surface area contributed by atoms with Gasteiger partial charge in [-0.25, -0.2) is 13.6 Å². The minimum absolute atomic E-state index is 0.208. The Labute approximate surface area is 129 Å². The maximum atomic E-state index is 11.7. The van der Waals surface area contributed by atoms with E-state index in [2.05, 4.69) is 10.2 Å². The minimum Gasteiger partial charge on any atom is -0.296 e. The van der Waals surface area contributed by atoms with Gasteiger partial charge in [-0.2, -0.15) is 0 Å². The average Bonchev–Trinajstić information content (AvgIpc) is 2.74. The molecule has 2 rings (SSSR count). The maximum Gasteiger partial charge on any atom is 0.273 e. The number of aryl methyl sites for hydroxylation is 1. The van der Waals surface area contributed by atoms with Crippen LogP contribution < -0.4 is 5.14 Å². The Morgan fingerprint density at radius 1 is 1.33 bits per heavy atom. The summed E-state index contributed by atoms with van der Waals surface area (Å²) < 4.78 is 24.8. The number of nitrogens with two attached hydrogens (primary N) is 1. The number of primary sulfonamides is 1.